The van der Waals surface area contributed by atoms with Gasteiger partial charge in [0.25, 0.3) is 0 Å². The fourth-order valence-electron chi connectivity index (χ4n) is 3.80. The van der Waals surface area contributed by atoms with Gasteiger partial charge in [-0.3, -0.25) is 4.79 Å². The Morgan fingerprint density at radius 3 is 1.91 bits per heavy atom. The summed E-state index contributed by atoms with van der Waals surface area (Å²) in [5.41, 5.74) is 7.09. The summed E-state index contributed by atoms with van der Waals surface area (Å²) in [5, 5.41) is 12.4. The van der Waals surface area contributed by atoms with Gasteiger partial charge in [0.15, 0.2) is 12.4 Å². The first-order valence-electron chi connectivity index (χ1n) is 11.3. The summed E-state index contributed by atoms with van der Waals surface area (Å²) in [7, 11) is -2.33. The number of nitrogens with one attached hydrogen (secondary N) is 1. The number of carboxylic acids is 1. The number of aliphatic carboxylic acids is 1. The molecular weight excluding hydrogens is 463 g/mol. The van der Waals surface area contributed by atoms with Crippen LogP contribution in [0.1, 0.15) is 23.6 Å². The van der Waals surface area contributed by atoms with Gasteiger partial charge >= 0.3 is 14.0 Å². The Hall–Kier alpha value is -3.38. The molecule has 0 saturated heterocycles. The van der Waals surface area contributed by atoms with Crippen molar-refractivity contribution >= 4 is 19.9 Å². The van der Waals surface area contributed by atoms with E-state index in [0.29, 0.717) is 12.0 Å². The van der Waals surface area contributed by atoms with Crippen LogP contribution in [0.15, 0.2) is 91.0 Å². The molecule has 0 aliphatic rings. The Kier molecular flexibility index (Phi) is 9.26. The Bertz CT molecular complexity index is 1130. The zero-order chi connectivity index (χ0) is 25.3. The molecule has 4 atom stereocenters. The third-order valence-electron chi connectivity index (χ3n) is 5.78. The summed E-state index contributed by atoms with van der Waals surface area (Å²) in [5.74, 6) is -1.70. The second kappa shape index (κ2) is 12.4. The van der Waals surface area contributed by atoms with Gasteiger partial charge in [-0.05, 0) is 28.2 Å². The van der Waals surface area contributed by atoms with Gasteiger partial charge in [0.1, 0.15) is 11.5 Å². The van der Waals surface area contributed by atoms with E-state index >= 15 is 0 Å². The largest absolute Gasteiger partial charge is 0.511 e. The lowest BCUT2D eigenvalue weighted by atomic mass is 9.83. The monoisotopic (exact) mass is 493 g/mol. The lowest BCUT2D eigenvalue weighted by Crippen LogP contribution is -2.51. The van der Waals surface area contributed by atoms with E-state index in [1.165, 1.54) is 0 Å². The Labute approximate surface area is 206 Å². The van der Waals surface area contributed by atoms with Crippen molar-refractivity contribution in [2.24, 2.45) is 5.73 Å². The fraction of sp³-hybridized carbons (Fsp3) is 0.259. The van der Waals surface area contributed by atoms with Crippen molar-refractivity contribution in [1.29, 1.82) is 0 Å². The molecule has 3 unspecified atom stereocenters. The van der Waals surface area contributed by atoms with E-state index in [1.807, 2.05) is 54.6 Å². The van der Waals surface area contributed by atoms with Crippen LogP contribution in [-0.4, -0.2) is 35.4 Å². The van der Waals surface area contributed by atoms with E-state index in [9.17, 15) is 19.3 Å². The van der Waals surface area contributed by atoms with Crippen LogP contribution in [0.2, 0.25) is 0 Å². The highest BCUT2D eigenvalue weighted by atomic mass is 31.1. The second-order valence-corrected chi connectivity index (χ2v) is 9.77. The SMILES string of the molecule is CC(C[P+](=O)OC(N)Cc1ccccc1)(C(=O)N[C@@H](Cc1ccccc1)C(=O)O)c1ccccc1. The third kappa shape index (κ3) is 7.55. The van der Waals surface area contributed by atoms with Crippen LogP contribution in [0, 0.1) is 0 Å². The first-order chi connectivity index (χ1) is 16.8. The summed E-state index contributed by atoms with van der Waals surface area (Å²) in [6.07, 6.45) is -0.474. The fourth-order valence-corrected chi connectivity index (χ4v) is 5.09. The first kappa shape index (κ1) is 26.2. The van der Waals surface area contributed by atoms with Gasteiger partial charge in [-0.1, -0.05) is 91.0 Å². The average molecular weight is 494 g/mol. The lowest BCUT2D eigenvalue weighted by molar-refractivity contribution is -0.142. The summed E-state index contributed by atoms with van der Waals surface area (Å²) >= 11 is 0. The highest BCUT2D eigenvalue weighted by Gasteiger charge is 2.45. The Balaban J connectivity index is 1.76. The molecule has 0 saturated carbocycles. The van der Waals surface area contributed by atoms with Crippen molar-refractivity contribution in [3.63, 3.8) is 0 Å². The second-order valence-electron chi connectivity index (χ2n) is 8.58. The molecule has 8 heteroatoms. The number of amides is 1. The quantitative estimate of drug-likeness (QED) is 0.259. The van der Waals surface area contributed by atoms with E-state index in [0.717, 1.165) is 11.1 Å². The first-order valence-corrected chi connectivity index (χ1v) is 12.7. The van der Waals surface area contributed by atoms with Crippen molar-refractivity contribution in [1.82, 2.24) is 5.32 Å². The molecule has 3 rings (SSSR count). The molecule has 7 nitrogen and oxygen atoms in total. The predicted octanol–water partition coefficient (Wildman–Crippen LogP) is 4.04. The molecule has 35 heavy (non-hydrogen) atoms. The standard InChI is InChI=1S/C27H29N2O5P/c1-27(22-15-9-4-10-16-22,19-35(33)34-24(28)18-21-13-7-3-8-14-21)26(32)29-23(25(30)31)17-20-11-5-2-6-12-20/h2-16,23-24H,17-19,28H2,1H3,(H-,29,30,31,32)/p+1/t23-,24?,27?/m0/s1. The summed E-state index contributed by atoms with van der Waals surface area (Å²) in [6.45, 7) is 1.64. The molecule has 3 aromatic carbocycles. The van der Waals surface area contributed by atoms with Crippen LogP contribution in [0.4, 0.5) is 0 Å². The molecule has 3 aromatic rings. The van der Waals surface area contributed by atoms with Gasteiger partial charge in [-0.2, -0.15) is 0 Å². The lowest BCUT2D eigenvalue weighted by Gasteiger charge is -2.27. The zero-order valence-corrected chi connectivity index (χ0v) is 20.4. The number of hydrogen-bond donors (Lipinski definition) is 3. The minimum Gasteiger partial charge on any atom is -0.480 e. The maximum atomic E-state index is 13.5. The summed E-state index contributed by atoms with van der Waals surface area (Å²) in [6, 6.07) is 26.2. The average Bonchev–Trinajstić information content (AvgIpc) is 2.85. The minimum absolute atomic E-state index is 0.122. The number of benzene rings is 3. The highest BCUT2D eigenvalue weighted by molar-refractivity contribution is 7.39. The van der Waals surface area contributed by atoms with E-state index < -0.39 is 37.6 Å². The van der Waals surface area contributed by atoms with Crippen molar-refractivity contribution in [2.75, 3.05) is 6.16 Å². The van der Waals surface area contributed by atoms with Crippen molar-refractivity contribution in [2.45, 2.75) is 37.5 Å². The van der Waals surface area contributed by atoms with E-state index in [2.05, 4.69) is 5.32 Å². The van der Waals surface area contributed by atoms with Crippen LogP contribution in [-0.2, 0) is 36.9 Å². The van der Waals surface area contributed by atoms with Crippen LogP contribution >= 0.6 is 8.03 Å². The van der Waals surface area contributed by atoms with Gasteiger partial charge < -0.3 is 16.2 Å². The van der Waals surface area contributed by atoms with Gasteiger partial charge in [0, 0.05) is 12.8 Å². The van der Waals surface area contributed by atoms with Crippen molar-refractivity contribution in [3.05, 3.63) is 108 Å². The number of rotatable bonds is 12. The molecule has 1 amide bonds. The van der Waals surface area contributed by atoms with E-state index in [1.54, 1.807) is 43.3 Å². The van der Waals surface area contributed by atoms with Gasteiger partial charge in [-0.25, -0.2) is 4.79 Å². The van der Waals surface area contributed by atoms with Crippen LogP contribution in [0.3, 0.4) is 0 Å². The van der Waals surface area contributed by atoms with Crippen LogP contribution in [0.5, 0.6) is 0 Å². The minimum atomic E-state index is -2.33. The number of nitrogens with two attached hydrogens (primary N) is 1. The zero-order valence-electron chi connectivity index (χ0n) is 19.5. The number of carbonyl (C=O) groups is 2. The molecule has 0 aliphatic heterocycles. The molecule has 0 radical (unpaired) electrons. The number of carbonyl (C=O) groups excluding carboxylic acids is 1. The van der Waals surface area contributed by atoms with Gasteiger partial charge in [-0.15, -0.1) is 4.52 Å². The number of hydrogen-bond acceptors (Lipinski definition) is 5. The molecule has 4 N–H and O–H groups in total. The van der Waals surface area contributed by atoms with Crippen molar-refractivity contribution < 1.29 is 23.8 Å². The topological polar surface area (TPSA) is 119 Å². The molecule has 0 aliphatic carbocycles. The van der Waals surface area contributed by atoms with Crippen LogP contribution < -0.4 is 11.1 Å². The van der Waals surface area contributed by atoms with E-state index in [4.69, 9.17) is 10.3 Å². The molecule has 0 aromatic heterocycles. The molecule has 182 valence electrons. The third-order valence-corrected chi connectivity index (χ3v) is 7.17. The van der Waals surface area contributed by atoms with E-state index in [-0.39, 0.29) is 12.6 Å². The Morgan fingerprint density at radius 1 is 0.914 bits per heavy atom. The summed E-state index contributed by atoms with van der Waals surface area (Å²) in [4.78, 5) is 25.4. The maximum Gasteiger partial charge on any atom is 0.511 e. The predicted molar refractivity (Wildman–Crippen MR) is 135 cm³/mol. The van der Waals surface area contributed by atoms with Gasteiger partial charge in [0.05, 0.1) is 0 Å². The summed E-state index contributed by atoms with van der Waals surface area (Å²) < 4.78 is 18.6. The normalized spacial score (nSPS) is 14.9. The van der Waals surface area contributed by atoms with Gasteiger partial charge in [0.2, 0.25) is 5.91 Å². The maximum absolute atomic E-state index is 13.5. The molecule has 0 bridgehead atoms. The van der Waals surface area contributed by atoms with Crippen LogP contribution in [0.25, 0.3) is 0 Å². The highest BCUT2D eigenvalue weighted by Crippen LogP contribution is 2.37. The molecule has 0 heterocycles. The molecule has 0 spiro atoms. The van der Waals surface area contributed by atoms with Crippen molar-refractivity contribution in [3.8, 4) is 0 Å². The molecule has 0 fully saturated rings. The number of carboxylic acid groups (broad SMARTS) is 1. The Morgan fingerprint density at radius 2 is 1.40 bits per heavy atom. The molecular formula is C27H30N2O5P+. The smallest absolute Gasteiger partial charge is 0.480 e.